The highest BCUT2D eigenvalue weighted by molar-refractivity contribution is 6.19. The summed E-state index contributed by atoms with van der Waals surface area (Å²) in [6.07, 6.45) is 0.457. The fraction of sp³-hybridized carbons (Fsp3) is 0.400. The van der Waals surface area contributed by atoms with Gasteiger partial charge in [0, 0.05) is 12.8 Å². The van der Waals surface area contributed by atoms with E-state index >= 15 is 0 Å². The van der Waals surface area contributed by atoms with Crippen LogP contribution >= 0.6 is 0 Å². The Morgan fingerprint density at radius 1 is 1.20 bits per heavy atom. The van der Waals surface area contributed by atoms with Crippen molar-refractivity contribution in [1.82, 2.24) is 0 Å². The predicted octanol–water partition coefficient (Wildman–Crippen LogP) is 2.37. The van der Waals surface area contributed by atoms with Gasteiger partial charge >= 0.3 is 5.97 Å². The van der Waals surface area contributed by atoms with Crippen LogP contribution in [0.25, 0.3) is 0 Å². The van der Waals surface area contributed by atoms with Crippen LogP contribution in [0, 0.1) is 12.3 Å². The average Bonchev–Trinajstić information content (AvgIpc) is 2.28. The molecule has 0 atom stereocenters. The highest BCUT2D eigenvalue weighted by Crippen LogP contribution is 2.36. The number of imide groups is 1. The minimum Gasteiger partial charge on any atom is -0.478 e. The van der Waals surface area contributed by atoms with Crippen molar-refractivity contribution in [1.29, 1.82) is 0 Å². The lowest BCUT2D eigenvalue weighted by Gasteiger charge is -2.35. The van der Waals surface area contributed by atoms with E-state index < -0.39 is 5.97 Å². The van der Waals surface area contributed by atoms with Crippen molar-refractivity contribution in [2.24, 2.45) is 5.41 Å². The molecule has 0 aromatic heterocycles. The molecule has 0 unspecified atom stereocenters. The number of amides is 2. The van der Waals surface area contributed by atoms with Crippen LogP contribution in [-0.4, -0.2) is 22.9 Å². The number of carbonyl (C=O) groups is 3. The SMILES string of the molecule is Cc1cccc(C(=O)O)c1N1C(=O)CC(C)(C)CC1=O. The van der Waals surface area contributed by atoms with Crippen LogP contribution in [0.1, 0.15) is 42.6 Å². The molecule has 5 heteroatoms. The zero-order valence-corrected chi connectivity index (χ0v) is 11.8. The number of carboxylic acids is 1. The number of nitrogens with zero attached hydrogens (tertiary/aromatic N) is 1. The van der Waals surface area contributed by atoms with Crippen LogP contribution in [0.15, 0.2) is 18.2 Å². The highest BCUT2D eigenvalue weighted by Gasteiger charge is 2.39. The molecule has 1 aliphatic rings. The molecule has 1 saturated heterocycles. The van der Waals surface area contributed by atoms with E-state index in [0.29, 0.717) is 5.56 Å². The standard InChI is InChI=1S/C15H17NO4/c1-9-5-4-6-10(14(19)20)13(9)16-11(17)7-15(2,3)8-12(16)18/h4-6H,7-8H2,1-3H3,(H,19,20). The van der Waals surface area contributed by atoms with Crippen LogP contribution < -0.4 is 4.90 Å². The molecular weight excluding hydrogens is 258 g/mol. The van der Waals surface area contributed by atoms with Crippen LogP contribution in [0.3, 0.4) is 0 Å². The zero-order chi connectivity index (χ0) is 15.1. The highest BCUT2D eigenvalue weighted by atomic mass is 16.4. The Hall–Kier alpha value is -2.17. The lowest BCUT2D eigenvalue weighted by atomic mass is 9.81. The molecule has 0 spiro atoms. The van der Waals surface area contributed by atoms with E-state index in [4.69, 9.17) is 0 Å². The van der Waals surface area contributed by atoms with Crippen LogP contribution in [0.2, 0.25) is 0 Å². The smallest absolute Gasteiger partial charge is 0.337 e. The molecule has 1 heterocycles. The first-order valence-corrected chi connectivity index (χ1v) is 6.42. The first-order valence-electron chi connectivity index (χ1n) is 6.42. The number of hydrogen-bond acceptors (Lipinski definition) is 3. The monoisotopic (exact) mass is 275 g/mol. The van der Waals surface area contributed by atoms with Gasteiger partial charge < -0.3 is 5.11 Å². The number of benzene rings is 1. The van der Waals surface area contributed by atoms with Crippen molar-refractivity contribution in [2.45, 2.75) is 33.6 Å². The number of anilines is 1. The molecule has 20 heavy (non-hydrogen) atoms. The van der Waals surface area contributed by atoms with Gasteiger partial charge in [-0.25, -0.2) is 9.69 Å². The maximum absolute atomic E-state index is 12.3. The van der Waals surface area contributed by atoms with Gasteiger partial charge in [-0.15, -0.1) is 0 Å². The maximum Gasteiger partial charge on any atom is 0.337 e. The lowest BCUT2D eigenvalue weighted by Crippen LogP contribution is -2.47. The number of aryl methyl sites for hydroxylation is 1. The average molecular weight is 275 g/mol. The molecule has 106 valence electrons. The third kappa shape index (κ3) is 2.43. The number of carboxylic acid groups (broad SMARTS) is 1. The predicted molar refractivity (Wildman–Crippen MR) is 73.6 cm³/mol. The van der Waals surface area contributed by atoms with Crippen LogP contribution in [0.5, 0.6) is 0 Å². The van der Waals surface area contributed by atoms with E-state index in [1.807, 2.05) is 13.8 Å². The van der Waals surface area contributed by atoms with Gasteiger partial charge in [-0.3, -0.25) is 9.59 Å². The molecule has 2 rings (SSSR count). The zero-order valence-electron chi connectivity index (χ0n) is 11.8. The van der Waals surface area contributed by atoms with E-state index in [1.54, 1.807) is 19.1 Å². The Kier molecular flexibility index (Phi) is 3.38. The second-order valence-corrected chi connectivity index (χ2v) is 5.92. The summed E-state index contributed by atoms with van der Waals surface area (Å²) in [6, 6.07) is 4.71. The lowest BCUT2D eigenvalue weighted by molar-refractivity contribution is -0.132. The Morgan fingerprint density at radius 3 is 2.25 bits per heavy atom. The molecule has 0 aliphatic carbocycles. The van der Waals surface area contributed by atoms with Gasteiger partial charge in [0.15, 0.2) is 0 Å². The van der Waals surface area contributed by atoms with E-state index in [9.17, 15) is 19.5 Å². The Balaban J connectivity index is 2.54. The van der Waals surface area contributed by atoms with Gasteiger partial charge in [-0.2, -0.15) is 0 Å². The van der Waals surface area contributed by atoms with Crippen LogP contribution in [-0.2, 0) is 9.59 Å². The molecule has 5 nitrogen and oxygen atoms in total. The third-order valence-corrected chi connectivity index (χ3v) is 3.45. The quantitative estimate of drug-likeness (QED) is 0.841. The minimum atomic E-state index is -1.14. The first-order chi connectivity index (χ1) is 9.23. The summed E-state index contributed by atoms with van der Waals surface area (Å²) >= 11 is 0. The van der Waals surface area contributed by atoms with E-state index in [1.165, 1.54) is 6.07 Å². The second kappa shape index (κ2) is 4.74. The Morgan fingerprint density at radius 2 is 1.75 bits per heavy atom. The first kappa shape index (κ1) is 14.2. The molecule has 0 radical (unpaired) electrons. The number of rotatable bonds is 2. The second-order valence-electron chi connectivity index (χ2n) is 5.92. The molecule has 2 amide bonds. The third-order valence-electron chi connectivity index (χ3n) is 3.45. The summed E-state index contributed by atoms with van der Waals surface area (Å²) in [7, 11) is 0. The molecule has 1 aromatic carbocycles. The molecule has 1 aromatic rings. The van der Waals surface area contributed by atoms with E-state index in [2.05, 4.69) is 0 Å². The molecule has 0 saturated carbocycles. The molecule has 1 fully saturated rings. The normalized spacial score (nSPS) is 18.2. The van der Waals surface area contributed by atoms with Crippen molar-refractivity contribution in [3.8, 4) is 0 Å². The molecule has 0 bridgehead atoms. The largest absolute Gasteiger partial charge is 0.478 e. The van der Waals surface area contributed by atoms with Gasteiger partial charge in [0.2, 0.25) is 11.8 Å². The fourth-order valence-electron chi connectivity index (χ4n) is 2.56. The molecule has 1 aliphatic heterocycles. The van der Waals surface area contributed by atoms with Crippen molar-refractivity contribution in [2.75, 3.05) is 4.90 Å². The Bertz CT molecular complexity index is 584. The van der Waals surface area contributed by atoms with Gasteiger partial charge in [0.1, 0.15) is 0 Å². The number of piperidine rings is 1. The van der Waals surface area contributed by atoms with Crippen molar-refractivity contribution in [3.63, 3.8) is 0 Å². The number of hydrogen-bond donors (Lipinski definition) is 1. The fourth-order valence-corrected chi connectivity index (χ4v) is 2.56. The minimum absolute atomic E-state index is 0.0218. The summed E-state index contributed by atoms with van der Waals surface area (Å²) in [5.74, 6) is -1.83. The molecule has 1 N–H and O–H groups in total. The number of carbonyl (C=O) groups excluding carboxylic acids is 2. The van der Waals surface area contributed by atoms with Crippen molar-refractivity contribution >= 4 is 23.5 Å². The van der Waals surface area contributed by atoms with Crippen molar-refractivity contribution in [3.05, 3.63) is 29.3 Å². The number of aromatic carboxylic acids is 1. The van der Waals surface area contributed by atoms with E-state index in [0.717, 1.165) is 4.90 Å². The molecular formula is C15H17NO4. The van der Waals surface area contributed by atoms with E-state index in [-0.39, 0.29) is 41.3 Å². The van der Waals surface area contributed by atoms with Gasteiger partial charge in [-0.05, 0) is 24.0 Å². The van der Waals surface area contributed by atoms with Gasteiger partial charge in [0.25, 0.3) is 0 Å². The summed E-state index contributed by atoms with van der Waals surface area (Å²) in [5.41, 5.74) is 0.403. The Labute approximate surface area is 117 Å². The van der Waals surface area contributed by atoms with Crippen molar-refractivity contribution < 1.29 is 19.5 Å². The topological polar surface area (TPSA) is 74.7 Å². The van der Waals surface area contributed by atoms with Gasteiger partial charge in [-0.1, -0.05) is 26.0 Å². The summed E-state index contributed by atoms with van der Waals surface area (Å²) in [4.78, 5) is 36.9. The summed E-state index contributed by atoms with van der Waals surface area (Å²) in [5, 5.41) is 9.25. The maximum atomic E-state index is 12.3. The number of para-hydroxylation sites is 1. The van der Waals surface area contributed by atoms with Gasteiger partial charge in [0.05, 0.1) is 11.3 Å². The summed E-state index contributed by atoms with van der Waals surface area (Å²) < 4.78 is 0. The summed E-state index contributed by atoms with van der Waals surface area (Å²) in [6.45, 7) is 5.41. The van der Waals surface area contributed by atoms with Crippen LogP contribution in [0.4, 0.5) is 5.69 Å².